The van der Waals surface area contributed by atoms with Gasteiger partial charge in [0, 0.05) is 6.26 Å². The molecule has 0 fully saturated rings. The van der Waals surface area contributed by atoms with Crippen molar-refractivity contribution in [1.82, 2.24) is 0 Å². The number of rotatable bonds is 5. The lowest BCUT2D eigenvalue weighted by molar-refractivity contribution is -0.124. The summed E-state index contributed by atoms with van der Waals surface area (Å²) in [6.07, 6.45) is 2.00. The van der Waals surface area contributed by atoms with Gasteiger partial charge in [0.15, 0.2) is 9.84 Å². The summed E-state index contributed by atoms with van der Waals surface area (Å²) in [7, 11) is -3.43. The Morgan fingerprint density at radius 3 is 2.46 bits per heavy atom. The molecule has 0 aromatic heterocycles. The van der Waals surface area contributed by atoms with Crippen molar-refractivity contribution >= 4 is 33.0 Å². The van der Waals surface area contributed by atoms with Crippen molar-refractivity contribution in [3.05, 3.63) is 54.1 Å². The van der Waals surface area contributed by atoms with E-state index in [1.54, 1.807) is 6.07 Å². The predicted molar refractivity (Wildman–Crippen MR) is 109 cm³/mol. The zero-order chi connectivity index (χ0) is 20.5. The summed E-state index contributed by atoms with van der Waals surface area (Å²) in [6, 6.07) is 13.2. The minimum Gasteiger partial charge on any atom is -0.322 e. The molecule has 0 radical (unpaired) electrons. The summed E-state index contributed by atoms with van der Waals surface area (Å²) in [5.41, 5.74) is 1.72. The Bertz CT molecular complexity index is 1000. The normalized spacial score (nSPS) is 17.6. The highest BCUT2D eigenvalue weighted by molar-refractivity contribution is 7.90. The topological polar surface area (TPSA) is 83.6 Å². The van der Waals surface area contributed by atoms with Gasteiger partial charge in [-0.05, 0) is 29.7 Å². The zero-order valence-electron chi connectivity index (χ0n) is 16.2. The van der Waals surface area contributed by atoms with Crippen molar-refractivity contribution in [1.29, 1.82) is 0 Å². The van der Waals surface area contributed by atoms with E-state index in [1.165, 1.54) is 17.0 Å². The van der Waals surface area contributed by atoms with Crippen molar-refractivity contribution in [2.45, 2.75) is 37.6 Å². The Balaban J connectivity index is 2.07. The second-order valence-electron chi connectivity index (χ2n) is 7.20. The molecule has 28 heavy (non-hydrogen) atoms. The highest BCUT2D eigenvalue weighted by Crippen LogP contribution is 2.37. The van der Waals surface area contributed by atoms with E-state index < -0.39 is 15.9 Å². The first-order chi connectivity index (χ1) is 13.2. The van der Waals surface area contributed by atoms with Gasteiger partial charge in [0.05, 0.1) is 22.7 Å². The van der Waals surface area contributed by atoms with Gasteiger partial charge in [0.25, 0.3) is 0 Å². The Morgan fingerprint density at radius 1 is 1.18 bits per heavy atom. The van der Waals surface area contributed by atoms with E-state index in [-0.39, 0.29) is 29.0 Å². The summed E-state index contributed by atoms with van der Waals surface area (Å²) in [4.78, 5) is 27.7. The first kappa shape index (κ1) is 20.1. The number of carbonyl (C=O) groups excluding carboxylic acids is 2. The van der Waals surface area contributed by atoms with Crippen LogP contribution in [0, 0.1) is 5.92 Å². The number of anilines is 2. The minimum absolute atomic E-state index is 0.0533. The largest absolute Gasteiger partial charge is 0.322 e. The Kier molecular flexibility index (Phi) is 5.56. The molecule has 7 heteroatoms. The molecule has 0 bridgehead atoms. The van der Waals surface area contributed by atoms with E-state index in [1.807, 2.05) is 44.2 Å². The van der Waals surface area contributed by atoms with Gasteiger partial charge in [0.2, 0.25) is 11.8 Å². The second kappa shape index (κ2) is 7.75. The van der Waals surface area contributed by atoms with Gasteiger partial charge in [-0.2, -0.15) is 0 Å². The molecule has 0 aliphatic carbocycles. The number of sulfone groups is 1. The third-order valence-electron chi connectivity index (χ3n) is 5.11. The molecule has 2 amide bonds. The molecule has 0 saturated heterocycles. The van der Waals surface area contributed by atoms with Gasteiger partial charge in [0.1, 0.15) is 6.04 Å². The number of hydrogen-bond acceptors (Lipinski definition) is 4. The van der Waals surface area contributed by atoms with Gasteiger partial charge in [-0.25, -0.2) is 8.42 Å². The van der Waals surface area contributed by atoms with Crippen LogP contribution in [0.25, 0.3) is 0 Å². The standard InChI is InChI=1S/C21H24N2O4S/c1-4-14(2)20-21(25)22-17-13-16(28(3,26)27)10-11-18(17)23(20)19(24)12-15-8-6-5-7-9-15/h5-11,13-14,20H,4,12H2,1-3H3,(H,22,25)/t14-,20?/m1/s1. The molecule has 148 valence electrons. The summed E-state index contributed by atoms with van der Waals surface area (Å²) >= 11 is 0. The number of nitrogens with zero attached hydrogens (tertiary/aromatic N) is 1. The van der Waals surface area contributed by atoms with E-state index in [0.717, 1.165) is 18.2 Å². The SMILES string of the molecule is CC[C@@H](C)C1C(=O)Nc2cc(S(C)(=O)=O)ccc2N1C(=O)Cc1ccccc1. The van der Waals surface area contributed by atoms with Crippen LogP contribution in [0.4, 0.5) is 11.4 Å². The van der Waals surface area contributed by atoms with Gasteiger partial charge in [-0.1, -0.05) is 50.6 Å². The molecule has 1 unspecified atom stereocenters. The first-order valence-corrected chi connectivity index (χ1v) is 11.1. The van der Waals surface area contributed by atoms with Crippen LogP contribution in [0.5, 0.6) is 0 Å². The maximum absolute atomic E-state index is 13.2. The molecular formula is C21H24N2O4S. The van der Waals surface area contributed by atoms with Gasteiger partial charge >= 0.3 is 0 Å². The average Bonchev–Trinajstić information content (AvgIpc) is 2.65. The lowest BCUT2D eigenvalue weighted by Gasteiger charge is -2.39. The zero-order valence-corrected chi connectivity index (χ0v) is 17.0. The maximum atomic E-state index is 13.2. The summed E-state index contributed by atoms with van der Waals surface area (Å²) in [6.45, 7) is 3.91. The lowest BCUT2D eigenvalue weighted by Crippen LogP contribution is -2.54. The number of amides is 2. The fourth-order valence-electron chi connectivity index (χ4n) is 3.41. The van der Waals surface area contributed by atoms with Crippen LogP contribution in [0.1, 0.15) is 25.8 Å². The van der Waals surface area contributed by atoms with Crippen molar-refractivity contribution in [2.75, 3.05) is 16.5 Å². The summed E-state index contributed by atoms with van der Waals surface area (Å²) < 4.78 is 23.8. The first-order valence-electron chi connectivity index (χ1n) is 9.23. The van der Waals surface area contributed by atoms with E-state index in [4.69, 9.17) is 0 Å². The molecule has 0 saturated carbocycles. The van der Waals surface area contributed by atoms with Crippen molar-refractivity contribution in [3.8, 4) is 0 Å². The van der Waals surface area contributed by atoms with E-state index >= 15 is 0 Å². The predicted octanol–water partition coefficient (Wildman–Crippen LogP) is 3.03. The van der Waals surface area contributed by atoms with E-state index in [0.29, 0.717) is 11.4 Å². The van der Waals surface area contributed by atoms with Crippen LogP contribution in [-0.4, -0.2) is 32.5 Å². The molecule has 2 aromatic carbocycles. The quantitative estimate of drug-likeness (QED) is 0.836. The number of fused-ring (bicyclic) bond motifs is 1. The van der Waals surface area contributed by atoms with Crippen LogP contribution in [-0.2, 0) is 25.8 Å². The van der Waals surface area contributed by atoms with Crippen LogP contribution >= 0.6 is 0 Å². The van der Waals surface area contributed by atoms with E-state index in [9.17, 15) is 18.0 Å². The van der Waals surface area contributed by atoms with Crippen LogP contribution in [0.15, 0.2) is 53.4 Å². The van der Waals surface area contributed by atoms with Gasteiger partial charge in [-0.3, -0.25) is 14.5 Å². The minimum atomic E-state index is -3.43. The molecular weight excluding hydrogens is 376 g/mol. The molecule has 6 nitrogen and oxygen atoms in total. The Hall–Kier alpha value is -2.67. The van der Waals surface area contributed by atoms with Crippen molar-refractivity contribution in [3.63, 3.8) is 0 Å². The summed E-state index contributed by atoms with van der Waals surface area (Å²) in [5, 5.41) is 2.79. The van der Waals surface area contributed by atoms with E-state index in [2.05, 4.69) is 5.32 Å². The highest BCUT2D eigenvalue weighted by Gasteiger charge is 2.39. The van der Waals surface area contributed by atoms with Crippen LogP contribution in [0.3, 0.4) is 0 Å². The highest BCUT2D eigenvalue weighted by atomic mass is 32.2. The molecule has 1 heterocycles. The van der Waals surface area contributed by atoms with Crippen LogP contribution in [0.2, 0.25) is 0 Å². The molecule has 2 atom stereocenters. The number of hydrogen-bond donors (Lipinski definition) is 1. The Labute approximate surface area is 165 Å². The second-order valence-corrected chi connectivity index (χ2v) is 9.21. The fourth-order valence-corrected chi connectivity index (χ4v) is 4.06. The monoisotopic (exact) mass is 400 g/mol. The molecule has 3 rings (SSSR count). The molecule has 0 spiro atoms. The third-order valence-corrected chi connectivity index (χ3v) is 6.22. The lowest BCUT2D eigenvalue weighted by atomic mass is 9.93. The summed E-state index contributed by atoms with van der Waals surface area (Å²) in [5.74, 6) is -0.545. The maximum Gasteiger partial charge on any atom is 0.247 e. The van der Waals surface area contributed by atoms with Gasteiger partial charge in [-0.15, -0.1) is 0 Å². The van der Waals surface area contributed by atoms with Crippen molar-refractivity contribution < 1.29 is 18.0 Å². The molecule has 1 aliphatic rings. The molecule has 2 aromatic rings. The smallest absolute Gasteiger partial charge is 0.247 e. The number of nitrogens with one attached hydrogen (secondary N) is 1. The molecule has 1 aliphatic heterocycles. The molecule has 1 N–H and O–H groups in total. The number of benzene rings is 2. The Morgan fingerprint density at radius 2 is 1.86 bits per heavy atom. The average molecular weight is 401 g/mol. The van der Waals surface area contributed by atoms with Crippen LogP contribution < -0.4 is 10.2 Å². The number of carbonyl (C=O) groups is 2. The third kappa shape index (κ3) is 3.94. The van der Waals surface area contributed by atoms with Gasteiger partial charge < -0.3 is 5.32 Å². The van der Waals surface area contributed by atoms with Crippen molar-refractivity contribution in [2.24, 2.45) is 5.92 Å². The fraction of sp³-hybridized carbons (Fsp3) is 0.333.